The average Bonchev–Trinajstić information content (AvgIpc) is 3.11. The average molecular weight is 558 g/mol. The molecule has 0 saturated heterocycles. The van der Waals surface area contributed by atoms with Crippen LogP contribution in [0.2, 0.25) is 0 Å². The number of ether oxygens (including phenoxy) is 2. The molecule has 0 spiro atoms. The Morgan fingerprint density at radius 3 is 2.36 bits per heavy atom. The molecule has 0 aromatic heterocycles. The van der Waals surface area contributed by atoms with Crippen LogP contribution in [-0.4, -0.2) is 58.4 Å². The minimum Gasteiger partial charge on any atom is -0.493 e. The summed E-state index contributed by atoms with van der Waals surface area (Å²) in [6.07, 6.45) is 5.03. The molecule has 2 aromatic carbocycles. The number of amides is 2. The van der Waals surface area contributed by atoms with Crippen molar-refractivity contribution in [1.29, 1.82) is 0 Å². The van der Waals surface area contributed by atoms with Crippen LogP contribution in [0.25, 0.3) is 0 Å². The number of nitrogens with zero attached hydrogens (tertiary/aromatic N) is 1. The fraction of sp³-hybridized carbons (Fsp3) is 0.548. The van der Waals surface area contributed by atoms with E-state index in [1.807, 2.05) is 19.1 Å². The van der Waals surface area contributed by atoms with Gasteiger partial charge in [0.25, 0.3) is 11.8 Å². The third-order valence-corrected chi connectivity index (χ3v) is 8.22. The van der Waals surface area contributed by atoms with Crippen LogP contribution < -0.4 is 9.47 Å². The van der Waals surface area contributed by atoms with Crippen molar-refractivity contribution in [3.63, 3.8) is 0 Å². The number of carbonyl (C=O) groups excluding carboxylic acids is 2. The van der Waals surface area contributed by atoms with E-state index < -0.39 is 16.8 Å². The zero-order valence-corrected chi connectivity index (χ0v) is 25.2. The van der Waals surface area contributed by atoms with Crippen LogP contribution in [0.4, 0.5) is 0 Å². The van der Waals surface area contributed by atoms with Crippen molar-refractivity contribution in [1.82, 2.24) is 4.90 Å². The molecule has 8 heteroatoms. The standard InChI is InChI=1S/C31H43NO6S/c1-8-38-26-18-21(14-15-25(26)37-6)24(19-39(7)36)32-28(34)22-12-11-13-23(27(22)29(32)35)31(4,5)20-30(2,3)16-9-10-17-33/h11-15,18,24,33H,8-10,16-17,19-20H2,1-7H3. The molecule has 0 fully saturated rings. The molecule has 1 aliphatic heterocycles. The number of fused-ring (bicyclic) bond motifs is 1. The predicted octanol–water partition coefficient (Wildman–Crippen LogP) is 5.67. The van der Waals surface area contributed by atoms with Gasteiger partial charge in [-0.2, -0.15) is 0 Å². The lowest BCUT2D eigenvalue weighted by Crippen LogP contribution is -2.37. The number of benzene rings is 2. The largest absolute Gasteiger partial charge is 0.493 e. The SMILES string of the molecule is CCOc1cc(C(CS(C)=O)N2C(=O)c3cccc(C(C)(C)CC(C)(C)CCCCO)c3C2=O)ccc1OC. The number of imide groups is 1. The molecular formula is C31H43NO6S. The minimum absolute atomic E-state index is 0.0207. The number of hydrogen-bond donors (Lipinski definition) is 1. The Hall–Kier alpha value is -2.71. The molecule has 3 rings (SSSR count). The van der Waals surface area contributed by atoms with Crippen molar-refractivity contribution in [2.75, 3.05) is 32.3 Å². The summed E-state index contributed by atoms with van der Waals surface area (Å²) >= 11 is 0. The number of hydrogen-bond acceptors (Lipinski definition) is 6. The molecule has 39 heavy (non-hydrogen) atoms. The highest BCUT2D eigenvalue weighted by molar-refractivity contribution is 7.84. The summed E-state index contributed by atoms with van der Waals surface area (Å²) in [5.74, 6) is 0.427. The number of rotatable bonds is 14. The number of carbonyl (C=O) groups is 2. The highest BCUT2D eigenvalue weighted by atomic mass is 32.2. The van der Waals surface area contributed by atoms with Crippen LogP contribution in [0.3, 0.4) is 0 Å². The molecule has 0 radical (unpaired) electrons. The Bertz CT molecular complexity index is 1220. The van der Waals surface area contributed by atoms with E-state index in [4.69, 9.17) is 9.47 Å². The van der Waals surface area contributed by atoms with Crippen molar-refractivity contribution in [2.45, 2.75) is 71.8 Å². The molecule has 1 heterocycles. The van der Waals surface area contributed by atoms with E-state index in [1.54, 1.807) is 37.6 Å². The van der Waals surface area contributed by atoms with Crippen LogP contribution >= 0.6 is 0 Å². The third-order valence-electron chi connectivity index (χ3n) is 7.43. The lowest BCUT2D eigenvalue weighted by atomic mass is 9.68. The van der Waals surface area contributed by atoms with Crippen LogP contribution in [0.1, 0.15) is 98.2 Å². The summed E-state index contributed by atoms with van der Waals surface area (Å²) in [7, 11) is 0.272. The third kappa shape index (κ3) is 6.90. The number of aliphatic hydroxyl groups is 1. The number of aliphatic hydroxyl groups excluding tert-OH is 1. The Morgan fingerprint density at radius 1 is 1.03 bits per heavy atom. The molecule has 0 aliphatic carbocycles. The van der Waals surface area contributed by atoms with Gasteiger partial charge in [0.05, 0.1) is 30.9 Å². The lowest BCUT2D eigenvalue weighted by Gasteiger charge is -2.36. The Balaban J connectivity index is 2.04. The molecule has 214 valence electrons. The normalized spacial score (nSPS) is 15.3. The fourth-order valence-electron chi connectivity index (χ4n) is 5.96. The van der Waals surface area contributed by atoms with Gasteiger partial charge >= 0.3 is 0 Å². The first-order valence-corrected chi connectivity index (χ1v) is 15.3. The molecular weight excluding hydrogens is 514 g/mol. The Labute approximate surface area is 235 Å². The first-order chi connectivity index (χ1) is 18.4. The molecule has 1 aliphatic rings. The summed E-state index contributed by atoms with van der Waals surface area (Å²) < 4.78 is 23.6. The van der Waals surface area contributed by atoms with E-state index in [0.29, 0.717) is 34.8 Å². The maximum absolute atomic E-state index is 14.1. The Kier molecular flexibility index (Phi) is 9.99. The van der Waals surface area contributed by atoms with E-state index in [1.165, 1.54) is 4.90 Å². The number of methoxy groups -OCH3 is 1. The maximum atomic E-state index is 14.1. The summed E-state index contributed by atoms with van der Waals surface area (Å²) in [5, 5.41) is 9.20. The second-order valence-corrected chi connectivity index (χ2v) is 13.2. The van der Waals surface area contributed by atoms with E-state index in [-0.39, 0.29) is 35.0 Å². The van der Waals surface area contributed by atoms with Gasteiger partial charge < -0.3 is 14.6 Å². The maximum Gasteiger partial charge on any atom is 0.262 e. The van der Waals surface area contributed by atoms with Crippen molar-refractivity contribution in [2.24, 2.45) is 5.41 Å². The topological polar surface area (TPSA) is 93.1 Å². The smallest absolute Gasteiger partial charge is 0.262 e. The summed E-state index contributed by atoms with van der Waals surface area (Å²) in [6, 6.07) is 10.1. The van der Waals surface area contributed by atoms with Gasteiger partial charge in [0, 0.05) is 29.4 Å². The van der Waals surface area contributed by atoms with E-state index in [2.05, 4.69) is 27.7 Å². The van der Waals surface area contributed by atoms with Crippen molar-refractivity contribution in [3.8, 4) is 11.5 Å². The summed E-state index contributed by atoms with van der Waals surface area (Å²) in [5.41, 5.74) is 1.92. The predicted molar refractivity (Wildman–Crippen MR) is 155 cm³/mol. The van der Waals surface area contributed by atoms with E-state index in [0.717, 1.165) is 31.2 Å². The van der Waals surface area contributed by atoms with Crippen molar-refractivity contribution < 1.29 is 28.4 Å². The van der Waals surface area contributed by atoms with Gasteiger partial charge in [0.15, 0.2) is 11.5 Å². The minimum atomic E-state index is -1.28. The lowest BCUT2D eigenvalue weighted by molar-refractivity contribution is 0.0596. The first kappa shape index (κ1) is 30.8. The van der Waals surface area contributed by atoms with Gasteiger partial charge in [-0.3, -0.25) is 18.7 Å². The second kappa shape index (κ2) is 12.6. The highest BCUT2D eigenvalue weighted by Gasteiger charge is 2.45. The highest BCUT2D eigenvalue weighted by Crippen LogP contribution is 2.44. The number of unbranched alkanes of at least 4 members (excludes halogenated alkanes) is 1. The molecule has 2 aromatic rings. The zero-order chi connectivity index (χ0) is 29.0. The van der Waals surface area contributed by atoms with Crippen LogP contribution in [-0.2, 0) is 16.2 Å². The van der Waals surface area contributed by atoms with Gasteiger partial charge in [0.2, 0.25) is 0 Å². The van der Waals surface area contributed by atoms with Crippen molar-refractivity contribution >= 4 is 22.6 Å². The van der Waals surface area contributed by atoms with Gasteiger partial charge in [0.1, 0.15) is 0 Å². The van der Waals surface area contributed by atoms with Gasteiger partial charge in [-0.15, -0.1) is 0 Å². The van der Waals surface area contributed by atoms with E-state index >= 15 is 0 Å². The van der Waals surface area contributed by atoms with E-state index in [9.17, 15) is 18.9 Å². The molecule has 0 saturated carbocycles. The monoisotopic (exact) mass is 557 g/mol. The summed E-state index contributed by atoms with van der Waals surface area (Å²) in [4.78, 5) is 29.2. The quantitative estimate of drug-likeness (QED) is 0.238. The molecule has 1 N–H and O–H groups in total. The van der Waals surface area contributed by atoms with Gasteiger partial charge in [-0.05, 0) is 66.3 Å². The summed E-state index contributed by atoms with van der Waals surface area (Å²) in [6.45, 7) is 11.1. The molecule has 2 atom stereocenters. The Morgan fingerprint density at radius 2 is 1.74 bits per heavy atom. The molecule has 2 amide bonds. The molecule has 0 bridgehead atoms. The van der Waals surface area contributed by atoms with Gasteiger partial charge in [-0.1, -0.05) is 52.3 Å². The zero-order valence-electron chi connectivity index (χ0n) is 24.3. The van der Waals surface area contributed by atoms with Crippen LogP contribution in [0.5, 0.6) is 11.5 Å². The fourth-order valence-corrected chi connectivity index (χ4v) is 6.74. The molecule has 2 unspecified atom stereocenters. The van der Waals surface area contributed by atoms with Gasteiger partial charge in [-0.25, -0.2) is 0 Å². The van der Waals surface area contributed by atoms with Crippen LogP contribution in [0, 0.1) is 5.41 Å². The van der Waals surface area contributed by atoms with Crippen LogP contribution in [0.15, 0.2) is 36.4 Å². The molecule has 7 nitrogen and oxygen atoms in total. The van der Waals surface area contributed by atoms with Crippen molar-refractivity contribution in [3.05, 3.63) is 58.7 Å². The first-order valence-electron chi connectivity index (χ1n) is 13.6. The second-order valence-electron chi connectivity index (χ2n) is 11.7.